The van der Waals surface area contributed by atoms with Crippen molar-refractivity contribution in [1.29, 1.82) is 0 Å². The summed E-state index contributed by atoms with van der Waals surface area (Å²) in [6.07, 6.45) is 1.86. The standard InChI is InChI=1S/C10H7BrO3/c11-8-3-1-7(2-4-8)9(12)5-6-10(13)14/h1-6H,(H,13,14)/b6-5-. The molecule has 4 heteroatoms. The molecular weight excluding hydrogens is 248 g/mol. The number of carboxylic acids is 1. The predicted molar refractivity (Wildman–Crippen MR) is 55.2 cm³/mol. The quantitative estimate of drug-likeness (QED) is 0.665. The molecule has 0 heterocycles. The van der Waals surface area contributed by atoms with Gasteiger partial charge in [0.05, 0.1) is 0 Å². The van der Waals surface area contributed by atoms with Gasteiger partial charge in [0.2, 0.25) is 0 Å². The van der Waals surface area contributed by atoms with Crippen molar-refractivity contribution >= 4 is 27.7 Å². The monoisotopic (exact) mass is 254 g/mol. The summed E-state index contributed by atoms with van der Waals surface area (Å²) in [5, 5.41) is 8.31. The van der Waals surface area contributed by atoms with Crippen LogP contribution in [0.5, 0.6) is 0 Å². The second-order valence-corrected chi connectivity index (χ2v) is 3.46. The maximum atomic E-state index is 11.3. The molecule has 1 rings (SSSR count). The molecule has 72 valence electrons. The first kappa shape index (κ1) is 10.7. The largest absolute Gasteiger partial charge is 0.478 e. The first-order valence-corrected chi connectivity index (χ1v) is 4.60. The van der Waals surface area contributed by atoms with Crippen molar-refractivity contribution in [3.05, 3.63) is 46.5 Å². The van der Waals surface area contributed by atoms with E-state index in [-0.39, 0.29) is 5.78 Å². The molecule has 0 aliphatic carbocycles. The molecule has 0 bridgehead atoms. The van der Waals surface area contributed by atoms with Crippen molar-refractivity contribution in [2.75, 3.05) is 0 Å². The van der Waals surface area contributed by atoms with E-state index in [2.05, 4.69) is 15.9 Å². The molecule has 0 saturated carbocycles. The van der Waals surface area contributed by atoms with E-state index in [1.165, 1.54) is 0 Å². The van der Waals surface area contributed by atoms with Gasteiger partial charge in [0.15, 0.2) is 5.78 Å². The van der Waals surface area contributed by atoms with Gasteiger partial charge in [0.1, 0.15) is 0 Å². The van der Waals surface area contributed by atoms with Crippen LogP contribution in [0.1, 0.15) is 10.4 Å². The average Bonchev–Trinajstić information content (AvgIpc) is 2.15. The highest BCUT2D eigenvalue weighted by molar-refractivity contribution is 9.10. The Bertz CT molecular complexity index is 379. The van der Waals surface area contributed by atoms with Crippen molar-refractivity contribution in [2.24, 2.45) is 0 Å². The van der Waals surface area contributed by atoms with Crippen molar-refractivity contribution in [3.8, 4) is 0 Å². The molecule has 0 aliphatic rings. The minimum Gasteiger partial charge on any atom is -0.478 e. The van der Waals surface area contributed by atoms with E-state index < -0.39 is 5.97 Å². The summed E-state index contributed by atoms with van der Waals surface area (Å²) in [6.45, 7) is 0. The molecule has 1 aromatic carbocycles. The van der Waals surface area contributed by atoms with Crippen molar-refractivity contribution in [1.82, 2.24) is 0 Å². The fourth-order valence-corrected chi connectivity index (χ4v) is 1.12. The van der Waals surface area contributed by atoms with Gasteiger partial charge in [-0.05, 0) is 30.3 Å². The van der Waals surface area contributed by atoms with Crippen LogP contribution >= 0.6 is 15.9 Å². The molecule has 0 atom stereocenters. The van der Waals surface area contributed by atoms with Crippen LogP contribution in [0.25, 0.3) is 0 Å². The zero-order valence-electron chi connectivity index (χ0n) is 7.11. The van der Waals surface area contributed by atoms with Crippen LogP contribution in [0.15, 0.2) is 40.9 Å². The second-order valence-electron chi connectivity index (χ2n) is 2.54. The lowest BCUT2D eigenvalue weighted by atomic mass is 10.1. The number of hydrogen-bond acceptors (Lipinski definition) is 2. The van der Waals surface area contributed by atoms with Crippen LogP contribution in [0.2, 0.25) is 0 Å². The Balaban J connectivity index is 2.80. The van der Waals surface area contributed by atoms with Crippen molar-refractivity contribution < 1.29 is 14.7 Å². The molecule has 3 nitrogen and oxygen atoms in total. The van der Waals surface area contributed by atoms with E-state index in [1.54, 1.807) is 24.3 Å². The van der Waals surface area contributed by atoms with Gasteiger partial charge in [-0.25, -0.2) is 4.79 Å². The van der Waals surface area contributed by atoms with Crippen molar-refractivity contribution in [2.45, 2.75) is 0 Å². The SMILES string of the molecule is O=C(O)/C=C\C(=O)c1ccc(Br)cc1. The number of benzene rings is 1. The molecule has 14 heavy (non-hydrogen) atoms. The zero-order chi connectivity index (χ0) is 10.6. The van der Waals surface area contributed by atoms with Gasteiger partial charge < -0.3 is 5.11 Å². The summed E-state index contributed by atoms with van der Waals surface area (Å²) in [7, 11) is 0. The zero-order valence-corrected chi connectivity index (χ0v) is 8.69. The number of carbonyl (C=O) groups is 2. The minimum atomic E-state index is -1.13. The summed E-state index contributed by atoms with van der Waals surface area (Å²) in [5.74, 6) is -1.45. The van der Waals surface area contributed by atoms with Gasteiger partial charge in [0, 0.05) is 16.1 Å². The van der Waals surface area contributed by atoms with Gasteiger partial charge in [-0.2, -0.15) is 0 Å². The number of carboxylic acid groups (broad SMARTS) is 1. The third kappa shape index (κ3) is 3.14. The lowest BCUT2D eigenvalue weighted by molar-refractivity contribution is -0.131. The number of carbonyl (C=O) groups excluding carboxylic acids is 1. The molecule has 0 fully saturated rings. The van der Waals surface area contributed by atoms with Gasteiger partial charge in [-0.15, -0.1) is 0 Å². The van der Waals surface area contributed by atoms with E-state index in [9.17, 15) is 9.59 Å². The van der Waals surface area contributed by atoms with Gasteiger partial charge in [-0.3, -0.25) is 4.79 Å². The van der Waals surface area contributed by atoms with Crippen LogP contribution in [0.3, 0.4) is 0 Å². The Kier molecular flexibility index (Phi) is 3.59. The molecule has 1 aromatic rings. The molecule has 1 N–H and O–H groups in total. The van der Waals surface area contributed by atoms with E-state index in [0.717, 1.165) is 16.6 Å². The van der Waals surface area contributed by atoms with Crippen LogP contribution in [-0.2, 0) is 4.79 Å². The number of aliphatic carboxylic acids is 1. The Morgan fingerprint density at radius 1 is 1.14 bits per heavy atom. The van der Waals surface area contributed by atoms with Gasteiger partial charge in [0.25, 0.3) is 0 Å². The predicted octanol–water partition coefficient (Wildman–Crippen LogP) is 2.27. The van der Waals surface area contributed by atoms with Crippen LogP contribution in [-0.4, -0.2) is 16.9 Å². The first-order chi connectivity index (χ1) is 6.59. The third-order valence-corrected chi connectivity index (χ3v) is 2.03. The lowest BCUT2D eigenvalue weighted by Crippen LogP contribution is -1.96. The van der Waals surface area contributed by atoms with Crippen LogP contribution in [0.4, 0.5) is 0 Å². The third-order valence-electron chi connectivity index (χ3n) is 1.51. The molecular formula is C10H7BrO3. The summed E-state index contributed by atoms with van der Waals surface area (Å²) in [5.41, 5.74) is 0.464. The molecule has 0 radical (unpaired) electrons. The highest BCUT2D eigenvalue weighted by Gasteiger charge is 2.01. The van der Waals surface area contributed by atoms with E-state index in [0.29, 0.717) is 5.56 Å². The summed E-state index contributed by atoms with van der Waals surface area (Å²) in [6, 6.07) is 6.70. The number of halogens is 1. The minimum absolute atomic E-state index is 0.320. The highest BCUT2D eigenvalue weighted by atomic mass is 79.9. The molecule has 0 aliphatic heterocycles. The molecule has 0 aromatic heterocycles. The summed E-state index contributed by atoms with van der Waals surface area (Å²) >= 11 is 3.23. The topological polar surface area (TPSA) is 54.4 Å². The van der Waals surface area contributed by atoms with Gasteiger partial charge in [-0.1, -0.05) is 15.9 Å². The number of rotatable bonds is 3. The summed E-state index contributed by atoms with van der Waals surface area (Å²) in [4.78, 5) is 21.4. The van der Waals surface area contributed by atoms with Crippen LogP contribution < -0.4 is 0 Å². The van der Waals surface area contributed by atoms with E-state index in [1.807, 2.05) is 0 Å². The van der Waals surface area contributed by atoms with E-state index >= 15 is 0 Å². The Morgan fingerprint density at radius 3 is 2.21 bits per heavy atom. The number of hydrogen-bond donors (Lipinski definition) is 1. The Labute approximate surface area is 89.2 Å². The molecule has 0 amide bonds. The Morgan fingerprint density at radius 2 is 1.71 bits per heavy atom. The normalized spacial score (nSPS) is 10.4. The molecule has 0 spiro atoms. The molecule has 0 saturated heterocycles. The fourth-order valence-electron chi connectivity index (χ4n) is 0.857. The second kappa shape index (κ2) is 4.72. The first-order valence-electron chi connectivity index (χ1n) is 3.80. The van der Waals surface area contributed by atoms with Crippen LogP contribution in [0, 0.1) is 0 Å². The van der Waals surface area contributed by atoms with Gasteiger partial charge >= 0.3 is 5.97 Å². The van der Waals surface area contributed by atoms with Crippen molar-refractivity contribution in [3.63, 3.8) is 0 Å². The average molecular weight is 255 g/mol. The highest BCUT2D eigenvalue weighted by Crippen LogP contribution is 2.11. The maximum absolute atomic E-state index is 11.3. The fraction of sp³-hybridized carbons (Fsp3) is 0. The Hall–Kier alpha value is -1.42. The maximum Gasteiger partial charge on any atom is 0.328 e. The molecule has 0 unspecified atom stereocenters. The lowest BCUT2D eigenvalue weighted by Gasteiger charge is -1.94. The number of allylic oxidation sites excluding steroid dienone is 1. The van der Waals surface area contributed by atoms with E-state index in [4.69, 9.17) is 5.11 Å². The number of ketones is 1. The smallest absolute Gasteiger partial charge is 0.328 e. The summed E-state index contributed by atoms with van der Waals surface area (Å²) < 4.78 is 0.872.